The van der Waals surface area contributed by atoms with Gasteiger partial charge in [-0.1, -0.05) is 0 Å². The van der Waals surface area contributed by atoms with Gasteiger partial charge in [0, 0.05) is 13.0 Å². The van der Waals surface area contributed by atoms with Gasteiger partial charge in [-0.05, 0) is 40.0 Å². The summed E-state index contributed by atoms with van der Waals surface area (Å²) in [6.45, 7) is 5.30. The van der Waals surface area contributed by atoms with E-state index in [0.717, 1.165) is 0 Å². The lowest BCUT2D eigenvalue weighted by Crippen LogP contribution is -2.56. The van der Waals surface area contributed by atoms with Crippen molar-refractivity contribution in [1.29, 1.82) is 0 Å². The van der Waals surface area contributed by atoms with Crippen LogP contribution in [-0.2, 0) is 9.47 Å². The van der Waals surface area contributed by atoms with Crippen LogP contribution in [0.25, 0.3) is 0 Å². The van der Waals surface area contributed by atoms with Gasteiger partial charge in [0.25, 0.3) is 5.92 Å². The second-order valence-electron chi connectivity index (χ2n) is 7.62. The van der Waals surface area contributed by atoms with Gasteiger partial charge in [0.2, 0.25) is 0 Å². The Morgan fingerprint density at radius 1 is 1.25 bits per heavy atom. The minimum atomic E-state index is -2.98. The molecule has 0 unspecified atom stereocenters. The van der Waals surface area contributed by atoms with Gasteiger partial charge in [-0.25, -0.2) is 18.0 Å². The van der Waals surface area contributed by atoms with Crippen LogP contribution in [-0.4, -0.2) is 60.0 Å². The molecule has 0 aromatic rings. The van der Waals surface area contributed by atoms with Gasteiger partial charge in [0.05, 0.1) is 24.8 Å². The Kier molecular flexibility index (Phi) is 5.69. The number of carbonyl (C=O) groups is 1. The van der Waals surface area contributed by atoms with Crippen LogP contribution in [0.1, 0.15) is 46.5 Å². The predicted molar refractivity (Wildman–Crippen MR) is 82.8 cm³/mol. The summed E-state index contributed by atoms with van der Waals surface area (Å²) in [5, 5.41) is 0. The summed E-state index contributed by atoms with van der Waals surface area (Å²) >= 11 is 0. The standard InChI is InChI=1S/C16H27F3N2O3/c1-15(2,3)24-14(22)21-8-6-11(10(17)9-21)23-12-5-4-7-16(18,19)13(12)20/h10-13H,4-9,20H2,1-3H3/t10-,11+,12+,13-/m1/s1. The van der Waals surface area contributed by atoms with Crippen LogP contribution in [0.2, 0.25) is 0 Å². The molecule has 0 radical (unpaired) electrons. The van der Waals surface area contributed by atoms with Gasteiger partial charge in [-0.15, -0.1) is 0 Å². The molecule has 0 spiro atoms. The summed E-state index contributed by atoms with van der Waals surface area (Å²) in [6, 6.07) is -1.41. The second-order valence-corrected chi connectivity index (χ2v) is 7.62. The third kappa shape index (κ3) is 4.75. The monoisotopic (exact) mass is 352 g/mol. The normalized spacial score (nSPS) is 34.0. The van der Waals surface area contributed by atoms with Crippen LogP contribution in [0.15, 0.2) is 0 Å². The molecule has 0 aromatic heterocycles. The highest BCUT2D eigenvalue weighted by Gasteiger charge is 2.47. The number of hydrogen-bond acceptors (Lipinski definition) is 4. The van der Waals surface area contributed by atoms with Crippen molar-refractivity contribution >= 4 is 6.09 Å². The average Bonchev–Trinajstić information content (AvgIpc) is 2.44. The SMILES string of the molecule is CC(C)(C)OC(=O)N1CC[C@H](O[C@H]2CCCC(F)(F)[C@@H]2N)[C@H](F)C1. The second kappa shape index (κ2) is 7.07. The van der Waals surface area contributed by atoms with E-state index in [9.17, 15) is 18.0 Å². The summed E-state index contributed by atoms with van der Waals surface area (Å²) in [7, 11) is 0. The first-order chi connectivity index (χ1) is 11.0. The van der Waals surface area contributed by atoms with E-state index in [4.69, 9.17) is 15.2 Å². The van der Waals surface area contributed by atoms with Gasteiger partial charge >= 0.3 is 6.09 Å². The molecule has 1 aliphatic carbocycles. The Morgan fingerprint density at radius 3 is 2.50 bits per heavy atom. The molecule has 2 aliphatic rings. The van der Waals surface area contributed by atoms with Gasteiger partial charge in [-0.3, -0.25) is 0 Å². The van der Waals surface area contributed by atoms with Crippen LogP contribution < -0.4 is 5.73 Å². The van der Waals surface area contributed by atoms with E-state index in [2.05, 4.69) is 0 Å². The number of nitrogens with zero attached hydrogens (tertiary/aromatic N) is 1. The fourth-order valence-electron chi connectivity index (χ4n) is 3.06. The van der Waals surface area contributed by atoms with Crippen LogP contribution in [0.4, 0.5) is 18.0 Å². The van der Waals surface area contributed by atoms with Crippen molar-refractivity contribution in [3.05, 3.63) is 0 Å². The Balaban J connectivity index is 1.88. The Bertz CT molecular complexity index is 456. The number of halogens is 3. The smallest absolute Gasteiger partial charge is 0.410 e. The van der Waals surface area contributed by atoms with Crippen molar-refractivity contribution in [2.24, 2.45) is 5.73 Å². The molecule has 1 heterocycles. The molecule has 1 saturated heterocycles. The maximum atomic E-state index is 14.4. The van der Waals surface area contributed by atoms with Crippen molar-refractivity contribution in [1.82, 2.24) is 4.90 Å². The van der Waals surface area contributed by atoms with E-state index in [1.807, 2.05) is 0 Å². The summed E-state index contributed by atoms with van der Waals surface area (Å²) < 4.78 is 52.5. The molecule has 2 rings (SSSR count). The van der Waals surface area contributed by atoms with Crippen molar-refractivity contribution in [3.63, 3.8) is 0 Å². The highest BCUT2D eigenvalue weighted by molar-refractivity contribution is 5.68. The van der Waals surface area contributed by atoms with Gasteiger partial charge in [0.15, 0.2) is 0 Å². The lowest BCUT2D eigenvalue weighted by molar-refractivity contribution is -0.152. The van der Waals surface area contributed by atoms with E-state index in [1.165, 1.54) is 4.90 Å². The summed E-state index contributed by atoms with van der Waals surface area (Å²) in [5.74, 6) is -2.98. The molecular weight excluding hydrogens is 325 g/mol. The third-order valence-electron chi connectivity index (χ3n) is 4.37. The van der Waals surface area contributed by atoms with E-state index < -0.39 is 42.0 Å². The molecule has 5 nitrogen and oxygen atoms in total. The number of amides is 1. The summed E-state index contributed by atoms with van der Waals surface area (Å²) in [6.07, 6.45) is -3.04. The molecule has 140 valence electrons. The van der Waals surface area contributed by atoms with Gasteiger partial charge < -0.3 is 20.1 Å². The number of alkyl halides is 3. The Hall–Kier alpha value is -1.02. The number of hydrogen-bond donors (Lipinski definition) is 1. The van der Waals surface area contributed by atoms with E-state index in [-0.39, 0.29) is 25.9 Å². The quantitative estimate of drug-likeness (QED) is 0.830. The van der Waals surface area contributed by atoms with Crippen molar-refractivity contribution < 1.29 is 27.4 Å². The van der Waals surface area contributed by atoms with E-state index >= 15 is 0 Å². The highest BCUT2D eigenvalue weighted by Crippen LogP contribution is 2.35. The first-order valence-corrected chi connectivity index (χ1v) is 8.40. The number of ether oxygens (including phenoxy) is 2. The lowest BCUT2D eigenvalue weighted by Gasteiger charge is -2.40. The molecule has 2 fully saturated rings. The zero-order valence-corrected chi connectivity index (χ0v) is 14.4. The zero-order valence-electron chi connectivity index (χ0n) is 14.4. The van der Waals surface area contributed by atoms with Gasteiger partial charge in [-0.2, -0.15) is 0 Å². The molecule has 0 bridgehead atoms. The van der Waals surface area contributed by atoms with E-state index in [0.29, 0.717) is 12.8 Å². The van der Waals surface area contributed by atoms with E-state index in [1.54, 1.807) is 20.8 Å². The van der Waals surface area contributed by atoms with Crippen LogP contribution >= 0.6 is 0 Å². The molecule has 4 atom stereocenters. The number of piperidine rings is 1. The maximum absolute atomic E-state index is 14.4. The molecule has 1 saturated carbocycles. The minimum Gasteiger partial charge on any atom is -0.444 e. The van der Waals surface area contributed by atoms with Crippen LogP contribution in [0.5, 0.6) is 0 Å². The molecule has 1 amide bonds. The van der Waals surface area contributed by atoms with Crippen molar-refractivity contribution in [2.75, 3.05) is 13.1 Å². The molecular formula is C16H27F3N2O3. The van der Waals surface area contributed by atoms with Crippen molar-refractivity contribution in [3.8, 4) is 0 Å². The number of nitrogens with two attached hydrogens (primary N) is 1. The number of rotatable bonds is 2. The van der Waals surface area contributed by atoms with Crippen LogP contribution in [0.3, 0.4) is 0 Å². The fourth-order valence-corrected chi connectivity index (χ4v) is 3.06. The first kappa shape index (κ1) is 19.3. The number of likely N-dealkylation sites (tertiary alicyclic amines) is 1. The Labute approximate surface area is 140 Å². The first-order valence-electron chi connectivity index (χ1n) is 8.40. The molecule has 2 N–H and O–H groups in total. The lowest BCUT2D eigenvalue weighted by atomic mass is 9.89. The van der Waals surface area contributed by atoms with Crippen molar-refractivity contribution in [2.45, 2.75) is 82.4 Å². The predicted octanol–water partition coefficient (Wildman–Crippen LogP) is 2.87. The maximum Gasteiger partial charge on any atom is 0.410 e. The minimum absolute atomic E-state index is 0.169. The third-order valence-corrected chi connectivity index (χ3v) is 4.37. The average molecular weight is 352 g/mol. The van der Waals surface area contributed by atoms with Gasteiger partial charge in [0.1, 0.15) is 11.8 Å². The summed E-state index contributed by atoms with van der Waals surface area (Å²) in [5.41, 5.74) is 4.93. The Morgan fingerprint density at radius 2 is 1.92 bits per heavy atom. The largest absolute Gasteiger partial charge is 0.444 e. The van der Waals surface area contributed by atoms with Crippen LogP contribution in [0, 0.1) is 0 Å². The topological polar surface area (TPSA) is 64.8 Å². The fraction of sp³-hybridized carbons (Fsp3) is 0.938. The molecule has 1 aliphatic heterocycles. The zero-order chi connectivity index (χ0) is 18.1. The summed E-state index contributed by atoms with van der Waals surface area (Å²) in [4.78, 5) is 13.3. The molecule has 8 heteroatoms. The molecule has 0 aromatic carbocycles. The molecule has 24 heavy (non-hydrogen) atoms. The number of carbonyl (C=O) groups excluding carboxylic acids is 1. The highest BCUT2D eigenvalue weighted by atomic mass is 19.3.